The summed E-state index contributed by atoms with van der Waals surface area (Å²) in [7, 11) is 1.69. The molecule has 0 aromatic heterocycles. The van der Waals surface area contributed by atoms with E-state index in [1.807, 2.05) is 12.1 Å². The van der Waals surface area contributed by atoms with E-state index in [0.717, 1.165) is 31.1 Å². The summed E-state index contributed by atoms with van der Waals surface area (Å²) in [5.41, 5.74) is 1.19. The zero-order valence-electron chi connectivity index (χ0n) is 12.8. The topological polar surface area (TPSA) is 39.7 Å². The van der Waals surface area contributed by atoms with Gasteiger partial charge in [-0.05, 0) is 38.2 Å². The fraction of sp³-hybridized carbons (Fsp3) is 0.647. The molecule has 1 atom stereocenters. The first-order chi connectivity index (χ1) is 10.3. The van der Waals surface area contributed by atoms with Crippen LogP contribution in [0.3, 0.4) is 0 Å². The first-order valence-corrected chi connectivity index (χ1v) is 8.00. The molecule has 4 nitrogen and oxygen atoms in total. The molecule has 1 N–H and O–H groups in total. The molecule has 0 amide bonds. The highest BCUT2D eigenvalue weighted by molar-refractivity contribution is 5.40. The van der Waals surface area contributed by atoms with E-state index in [-0.39, 0.29) is 6.10 Å². The minimum atomic E-state index is 0.231. The molecule has 116 valence electrons. The summed E-state index contributed by atoms with van der Waals surface area (Å²) < 4.78 is 17.1. The van der Waals surface area contributed by atoms with Crippen molar-refractivity contribution in [2.24, 2.45) is 0 Å². The van der Waals surface area contributed by atoms with Gasteiger partial charge in [-0.3, -0.25) is 0 Å². The van der Waals surface area contributed by atoms with E-state index in [4.69, 9.17) is 14.2 Å². The smallest absolute Gasteiger partial charge is 0.127 e. The lowest BCUT2D eigenvalue weighted by atomic mass is 10.1. The van der Waals surface area contributed by atoms with Gasteiger partial charge in [0.15, 0.2) is 0 Å². The van der Waals surface area contributed by atoms with Crippen LogP contribution < -0.4 is 14.8 Å². The molecule has 1 aliphatic heterocycles. The number of rotatable bonds is 7. The third-order valence-corrected chi connectivity index (χ3v) is 4.13. The van der Waals surface area contributed by atoms with Crippen LogP contribution in [0.2, 0.25) is 0 Å². The van der Waals surface area contributed by atoms with Crippen molar-refractivity contribution in [2.75, 3.05) is 20.3 Å². The first kappa shape index (κ1) is 14.7. The minimum Gasteiger partial charge on any atom is -0.497 e. The number of ether oxygens (including phenoxy) is 3. The van der Waals surface area contributed by atoms with Gasteiger partial charge in [-0.25, -0.2) is 0 Å². The molecule has 2 fully saturated rings. The molecule has 0 radical (unpaired) electrons. The van der Waals surface area contributed by atoms with E-state index in [9.17, 15) is 0 Å². The Balaban J connectivity index is 1.61. The van der Waals surface area contributed by atoms with Crippen molar-refractivity contribution in [2.45, 2.75) is 50.8 Å². The van der Waals surface area contributed by atoms with E-state index in [1.165, 1.54) is 31.2 Å². The van der Waals surface area contributed by atoms with Crippen molar-refractivity contribution < 1.29 is 14.2 Å². The normalized spacial score (nSPS) is 22.0. The Hall–Kier alpha value is -1.26. The van der Waals surface area contributed by atoms with Gasteiger partial charge in [0.2, 0.25) is 0 Å². The molecule has 0 bridgehead atoms. The highest BCUT2D eigenvalue weighted by atomic mass is 16.5. The number of hydrogen-bond donors (Lipinski definition) is 1. The van der Waals surface area contributed by atoms with Crippen molar-refractivity contribution in [3.05, 3.63) is 23.8 Å². The summed E-state index contributed by atoms with van der Waals surface area (Å²) in [6.45, 7) is 2.35. The average molecular weight is 291 g/mol. The van der Waals surface area contributed by atoms with Crippen molar-refractivity contribution >= 4 is 0 Å². The van der Waals surface area contributed by atoms with Crippen molar-refractivity contribution in [1.82, 2.24) is 5.32 Å². The van der Waals surface area contributed by atoms with Crippen molar-refractivity contribution in [3.63, 3.8) is 0 Å². The Morgan fingerprint density at radius 3 is 2.86 bits per heavy atom. The van der Waals surface area contributed by atoms with Gasteiger partial charge in [0, 0.05) is 30.8 Å². The van der Waals surface area contributed by atoms with Crippen LogP contribution in [0.15, 0.2) is 18.2 Å². The first-order valence-electron chi connectivity index (χ1n) is 8.00. The Morgan fingerprint density at radius 1 is 1.24 bits per heavy atom. The van der Waals surface area contributed by atoms with Gasteiger partial charge in [0.1, 0.15) is 18.1 Å². The summed E-state index contributed by atoms with van der Waals surface area (Å²) in [4.78, 5) is 0. The zero-order chi connectivity index (χ0) is 14.5. The van der Waals surface area contributed by atoms with Gasteiger partial charge < -0.3 is 19.5 Å². The Kier molecular flexibility index (Phi) is 4.99. The predicted octanol–water partition coefficient (Wildman–Crippen LogP) is 2.90. The second kappa shape index (κ2) is 7.14. The summed E-state index contributed by atoms with van der Waals surface area (Å²) in [5, 5.41) is 3.54. The van der Waals surface area contributed by atoms with Crippen LogP contribution in [-0.2, 0) is 11.3 Å². The molecule has 1 aliphatic carbocycles. The average Bonchev–Trinajstić information content (AvgIpc) is 3.36. The molecule has 1 saturated carbocycles. The maximum atomic E-state index is 6.03. The lowest BCUT2D eigenvalue weighted by Gasteiger charge is -2.23. The van der Waals surface area contributed by atoms with E-state index >= 15 is 0 Å². The molecule has 4 heteroatoms. The molecule has 1 saturated heterocycles. The number of benzene rings is 1. The van der Waals surface area contributed by atoms with Gasteiger partial charge in [-0.15, -0.1) is 0 Å². The SMILES string of the molecule is COc1ccc(CNC2CC2)c(OCC2CCCCO2)c1. The molecule has 1 heterocycles. The summed E-state index contributed by atoms with van der Waals surface area (Å²) in [6.07, 6.45) is 6.33. The van der Waals surface area contributed by atoms with E-state index in [0.29, 0.717) is 12.6 Å². The summed E-state index contributed by atoms with van der Waals surface area (Å²) in [6, 6.07) is 6.76. The van der Waals surface area contributed by atoms with Gasteiger partial charge in [-0.2, -0.15) is 0 Å². The molecule has 0 spiro atoms. The van der Waals surface area contributed by atoms with E-state index < -0.39 is 0 Å². The van der Waals surface area contributed by atoms with Crippen LogP contribution in [0.4, 0.5) is 0 Å². The lowest BCUT2D eigenvalue weighted by Crippen LogP contribution is -2.26. The summed E-state index contributed by atoms with van der Waals surface area (Å²) in [5.74, 6) is 1.75. The number of nitrogens with one attached hydrogen (secondary N) is 1. The van der Waals surface area contributed by atoms with Crippen LogP contribution in [0, 0.1) is 0 Å². The second-order valence-corrected chi connectivity index (χ2v) is 5.93. The molecule has 1 unspecified atom stereocenters. The fourth-order valence-corrected chi connectivity index (χ4v) is 2.61. The fourth-order valence-electron chi connectivity index (χ4n) is 2.61. The number of hydrogen-bond acceptors (Lipinski definition) is 4. The highest BCUT2D eigenvalue weighted by Crippen LogP contribution is 2.27. The minimum absolute atomic E-state index is 0.231. The van der Waals surface area contributed by atoms with Gasteiger partial charge in [-0.1, -0.05) is 6.07 Å². The van der Waals surface area contributed by atoms with Crippen LogP contribution in [0.1, 0.15) is 37.7 Å². The monoisotopic (exact) mass is 291 g/mol. The Bertz CT molecular complexity index is 453. The van der Waals surface area contributed by atoms with Gasteiger partial charge in [0.25, 0.3) is 0 Å². The van der Waals surface area contributed by atoms with Crippen LogP contribution >= 0.6 is 0 Å². The molecule has 1 aromatic carbocycles. The zero-order valence-corrected chi connectivity index (χ0v) is 12.8. The quantitative estimate of drug-likeness (QED) is 0.838. The third kappa shape index (κ3) is 4.35. The third-order valence-electron chi connectivity index (χ3n) is 4.13. The maximum absolute atomic E-state index is 6.03. The molecule has 3 rings (SSSR count). The van der Waals surface area contributed by atoms with Gasteiger partial charge >= 0.3 is 0 Å². The highest BCUT2D eigenvalue weighted by Gasteiger charge is 2.21. The molecule has 1 aromatic rings. The number of methoxy groups -OCH3 is 1. The lowest BCUT2D eigenvalue weighted by molar-refractivity contribution is -0.0112. The van der Waals surface area contributed by atoms with Crippen molar-refractivity contribution in [3.8, 4) is 11.5 Å². The standard InChI is InChI=1S/C17H25NO3/c1-19-15-8-5-13(11-18-14-6-7-14)17(10-15)21-12-16-4-2-3-9-20-16/h5,8,10,14,16,18H,2-4,6-7,9,11-12H2,1H3. The Morgan fingerprint density at radius 2 is 2.14 bits per heavy atom. The molecular formula is C17H25NO3. The van der Waals surface area contributed by atoms with Crippen LogP contribution in [0.25, 0.3) is 0 Å². The van der Waals surface area contributed by atoms with Crippen LogP contribution in [-0.4, -0.2) is 32.5 Å². The van der Waals surface area contributed by atoms with E-state index in [2.05, 4.69) is 11.4 Å². The molecule has 2 aliphatic rings. The Labute approximate surface area is 126 Å². The summed E-state index contributed by atoms with van der Waals surface area (Å²) >= 11 is 0. The molecule has 21 heavy (non-hydrogen) atoms. The molecular weight excluding hydrogens is 266 g/mol. The maximum Gasteiger partial charge on any atom is 0.127 e. The van der Waals surface area contributed by atoms with Crippen molar-refractivity contribution in [1.29, 1.82) is 0 Å². The van der Waals surface area contributed by atoms with Gasteiger partial charge in [0.05, 0.1) is 13.2 Å². The largest absolute Gasteiger partial charge is 0.497 e. The van der Waals surface area contributed by atoms with E-state index in [1.54, 1.807) is 7.11 Å². The van der Waals surface area contributed by atoms with Crippen LogP contribution in [0.5, 0.6) is 11.5 Å². The second-order valence-electron chi connectivity index (χ2n) is 5.93. The predicted molar refractivity (Wildman–Crippen MR) is 81.9 cm³/mol.